The normalized spacial score (nSPS) is 27.2. The van der Waals surface area contributed by atoms with E-state index in [1.165, 1.54) is 25.7 Å². The van der Waals surface area contributed by atoms with Crippen LogP contribution in [0.4, 0.5) is 0 Å². The van der Waals surface area contributed by atoms with Gasteiger partial charge in [0.25, 0.3) is 0 Å². The predicted octanol–water partition coefficient (Wildman–Crippen LogP) is 0.910. The molecule has 2 aliphatic rings. The Hall–Kier alpha value is -0.160. The number of hydrogen-bond donors (Lipinski definition) is 1. The number of nitrogens with two attached hydrogens (primary N) is 1. The first-order valence-electron chi connectivity index (χ1n) is 7.54. The zero-order valence-electron chi connectivity index (χ0n) is 11.8. The molecule has 1 saturated carbocycles. The summed E-state index contributed by atoms with van der Waals surface area (Å²) in [6, 6.07) is 0.785. The summed E-state index contributed by atoms with van der Waals surface area (Å²) in [7, 11) is 2.19. The molecule has 106 valence electrons. The first-order chi connectivity index (χ1) is 8.79. The van der Waals surface area contributed by atoms with Crippen molar-refractivity contribution in [3.8, 4) is 0 Å². The molecule has 1 heterocycles. The Morgan fingerprint density at radius 3 is 2.78 bits per heavy atom. The second kappa shape index (κ2) is 7.43. The molecule has 0 aromatic rings. The zero-order chi connectivity index (χ0) is 12.8. The third-order valence-electron chi connectivity index (χ3n) is 4.27. The maximum absolute atomic E-state index is 5.90. The molecule has 0 aromatic carbocycles. The van der Waals surface area contributed by atoms with E-state index in [0.29, 0.717) is 6.10 Å². The minimum Gasteiger partial charge on any atom is -0.374 e. The topological polar surface area (TPSA) is 41.7 Å². The molecule has 4 nitrogen and oxygen atoms in total. The summed E-state index contributed by atoms with van der Waals surface area (Å²) in [5.41, 5.74) is 5.66. The number of rotatable bonds is 6. The van der Waals surface area contributed by atoms with Crippen molar-refractivity contribution in [2.24, 2.45) is 5.73 Å². The fourth-order valence-corrected chi connectivity index (χ4v) is 3.23. The van der Waals surface area contributed by atoms with Gasteiger partial charge in [-0.15, -0.1) is 0 Å². The van der Waals surface area contributed by atoms with Gasteiger partial charge in [0.1, 0.15) is 0 Å². The molecule has 1 aliphatic heterocycles. The summed E-state index contributed by atoms with van der Waals surface area (Å²) in [4.78, 5) is 5.02. The summed E-state index contributed by atoms with van der Waals surface area (Å²) >= 11 is 0. The van der Waals surface area contributed by atoms with Crippen molar-refractivity contribution < 1.29 is 4.74 Å². The molecule has 1 atom stereocenters. The molecular formula is C14H29N3O. The zero-order valence-corrected chi connectivity index (χ0v) is 11.8. The van der Waals surface area contributed by atoms with Crippen molar-refractivity contribution >= 4 is 0 Å². The third-order valence-corrected chi connectivity index (χ3v) is 4.27. The Bertz CT molecular complexity index is 231. The predicted molar refractivity (Wildman–Crippen MR) is 74.7 cm³/mol. The van der Waals surface area contributed by atoms with Crippen LogP contribution in [0.25, 0.3) is 0 Å². The van der Waals surface area contributed by atoms with Crippen molar-refractivity contribution in [3.63, 3.8) is 0 Å². The lowest BCUT2D eigenvalue weighted by Crippen LogP contribution is -2.48. The van der Waals surface area contributed by atoms with E-state index in [9.17, 15) is 0 Å². The van der Waals surface area contributed by atoms with Gasteiger partial charge in [0.2, 0.25) is 0 Å². The average molecular weight is 255 g/mol. The summed E-state index contributed by atoms with van der Waals surface area (Å²) in [6.07, 6.45) is 7.03. The van der Waals surface area contributed by atoms with E-state index in [2.05, 4.69) is 16.8 Å². The molecule has 1 aliphatic carbocycles. The number of morpholine rings is 1. The molecule has 0 radical (unpaired) electrons. The second-order valence-electron chi connectivity index (χ2n) is 5.83. The summed E-state index contributed by atoms with van der Waals surface area (Å²) in [5, 5.41) is 0. The van der Waals surface area contributed by atoms with Crippen LogP contribution in [-0.2, 0) is 4.74 Å². The van der Waals surface area contributed by atoms with Crippen molar-refractivity contribution in [2.75, 3.05) is 46.4 Å². The van der Waals surface area contributed by atoms with Crippen molar-refractivity contribution in [1.29, 1.82) is 0 Å². The van der Waals surface area contributed by atoms with E-state index < -0.39 is 0 Å². The van der Waals surface area contributed by atoms with Crippen LogP contribution < -0.4 is 5.73 Å². The van der Waals surface area contributed by atoms with Gasteiger partial charge in [0.15, 0.2) is 0 Å². The van der Waals surface area contributed by atoms with Gasteiger partial charge in [-0.2, -0.15) is 0 Å². The van der Waals surface area contributed by atoms with Crippen LogP contribution >= 0.6 is 0 Å². The van der Waals surface area contributed by atoms with Crippen molar-refractivity contribution in [1.82, 2.24) is 9.80 Å². The number of hydrogen-bond acceptors (Lipinski definition) is 4. The van der Waals surface area contributed by atoms with Crippen LogP contribution in [0.15, 0.2) is 0 Å². The molecule has 18 heavy (non-hydrogen) atoms. The quantitative estimate of drug-likeness (QED) is 0.766. The highest BCUT2D eigenvalue weighted by Crippen LogP contribution is 2.24. The van der Waals surface area contributed by atoms with Gasteiger partial charge in [-0.3, -0.25) is 4.90 Å². The highest BCUT2D eigenvalue weighted by Gasteiger charge is 2.26. The molecule has 2 N–H and O–H groups in total. The summed E-state index contributed by atoms with van der Waals surface area (Å²) in [6.45, 7) is 6.07. The molecule has 0 spiro atoms. The van der Waals surface area contributed by atoms with Gasteiger partial charge in [0, 0.05) is 25.7 Å². The van der Waals surface area contributed by atoms with E-state index in [1.807, 2.05) is 0 Å². The van der Waals surface area contributed by atoms with Gasteiger partial charge < -0.3 is 15.4 Å². The van der Waals surface area contributed by atoms with E-state index in [-0.39, 0.29) is 0 Å². The van der Waals surface area contributed by atoms with Crippen molar-refractivity contribution in [2.45, 2.75) is 44.2 Å². The Morgan fingerprint density at radius 2 is 2.11 bits per heavy atom. The standard InChI is InChI=1S/C14H29N3O/c1-16-9-10-18-14(11-16)12-17(8-4-7-15)13-5-2-3-6-13/h13-14H,2-12,15H2,1H3. The van der Waals surface area contributed by atoms with Crippen LogP contribution in [0, 0.1) is 0 Å². The summed E-state index contributed by atoms with van der Waals surface area (Å²) < 4.78 is 5.90. The number of likely N-dealkylation sites (N-methyl/N-ethyl adjacent to an activating group) is 1. The Kier molecular flexibility index (Phi) is 5.89. The first kappa shape index (κ1) is 14.3. The molecule has 2 fully saturated rings. The van der Waals surface area contributed by atoms with E-state index >= 15 is 0 Å². The highest BCUT2D eigenvalue weighted by molar-refractivity contribution is 4.81. The number of nitrogens with zero attached hydrogens (tertiary/aromatic N) is 2. The first-order valence-corrected chi connectivity index (χ1v) is 7.54. The Balaban J connectivity index is 1.82. The molecule has 0 aromatic heterocycles. The molecule has 1 unspecified atom stereocenters. The minimum absolute atomic E-state index is 0.391. The molecular weight excluding hydrogens is 226 g/mol. The van der Waals surface area contributed by atoms with Crippen LogP contribution in [0.2, 0.25) is 0 Å². The smallest absolute Gasteiger partial charge is 0.0829 e. The molecule has 1 saturated heterocycles. The Morgan fingerprint density at radius 1 is 1.33 bits per heavy atom. The van der Waals surface area contributed by atoms with E-state index in [1.54, 1.807) is 0 Å². The SMILES string of the molecule is CN1CCOC(CN(CCCN)C2CCCC2)C1. The monoisotopic (exact) mass is 255 g/mol. The van der Waals surface area contributed by atoms with Crippen LogP contribution in [0.5, 0.6) is 0 Å². The van der Waals surface area contributed by atoms with Crippen LogP contribution in [0.1, 0.15) is 32.1 Å². The molecule has 4 heteroatoms. The maximum atomic E-state index is 5.90. The lowest BCUT2D eigenvalue weighted by atomic mass is 10.1. The fourth-order valence-electron chi connectivity index (χ4n) is 3.23. The van der Waals surface area contributed by atoms with Gasteiger partial charge in [-0.1, -0.05) is 12.8 Å². The van der Waals surface area contributed by atoms with Crippen LogP contribution in [-0.4, -0.2) is 68.3 Å². The van der Waals surface area contributed by atoms with E-state index in [4.69, 9.17) is 10.5 Å². The molecule has 2 rings (SSSR count). The number of ether oxygens (including phenoxy) is 1. The highest BCUT2D eigenvalue weighted by atomic mass is 16.5. The lowest BCUT2D eigenvalue weighted by Gasteiger charge is -2.36. The molecule has 0 amide bonds. The average Bonchev–Trinajstić information content (AvgIpc) is 2.88. The van der Waals surface area contributed by atoms with Gasteiger partial charge in [-0.05, 0) is 39.4 Å². The van der Waals surface area contributed by atoms with Gasteiger partial charge >= 0.3 is 0 Å². The second-order valence-corrected chi connectivity index (χ2v) is 5.83. The lowest BCUT2D eigenvalue weighted by molar-refractivity contribution is -0.0412. The third kappa shape index (κ3) is 4.19. The van der Waals surface area contributed by atoms with E-state index in [0.717, 1.165) is 51.8 Å². The van der Waals surface area contributed by atoms with Crippen LogP contribution in [0.3, 0.4) is 0 Å². The largest absolute Gasteiger partial charge is 0.374 e. The summed E-state index contributed by atoms with van der Waals surface area (Å²) in [5.74, 6) is 0. The van der Waals surface area contributed by atoms with Crippen molar-refractivity contribution in [3.05, 3.63) is 0 Å². The fraction of sp³-hybridized carbons (Fsp3) is 1.00. The minimum atomic E-state index is 0.391. The van der Waals surface area contributed by atoms with Gasteiger partial charge in [-0.25, -0.2) is 0 Å². The maximum Gasteiger partial charge on any atom is 0.0829 e. The Labute approximate surface area is 111 Å². The van der Waals surface area contributed by atoms with Gasteiger partial charge in [0.05, 0.1) is 12.7 Å². The molecule has 0 bridgehead atoms.